The van der Waals surface area contributed by atoms with Crippen LogP contribution in [0.15, 0.2) is 17.0 Å². The molecule has 0 amide bonds. The van der Waals surface area contributed by atoms with Crippen molar-refractivity contribution in [2.75, 3.05) is 7.05 Å². The highest BCUT2D eigenvalue weighted by atomic mass is 32.2. The van der Waals surface area contributed by atoms with Crippen LogP contribution in [0.2, 0.25) is 0 Å². The fourth-order valence-electron chi connectivity index (χ4n) is 2.10. The molecule has 21 heavy (non-hydrogen) atoms. The predicted octanol–water partition coefficient (Wildman–Crippen LogP) is 2.54. The van der Waals surface area contributed by atoms with E-state index in [1.807, 2.05) is 13.8 Å². The zero-order valence-electron chi connectivity index (χ0n) is 12.5. The van der Waals surface area contributed by atoms with Crippen molar-refractivity contribution in [2.24, 2.45) is 0 Å². The minimum Gasteiger partial charge on any atom is -0.316 e. The van der Waals surface area contributed by atoms with Gasteiger partial charge in [0.2, 0.25) is 10.0 Å². The summed E-state index contributed by atoms with van der Waals surface area (Å²) in [6, 6.07) is 1.87. The van der Waals surface area contributed by atoms with Gasteiger partial charge in [-0.1, -0.05) is 20.3 Å². The van der Waals surface area contributed by atoms with Crippen molar-refractivity contribution in [3.63, 3.8) is 0 Å². The molecule has 0 bridgehead atoms. The molecule has 1 aromatic rings. The van der Waals surface area contributed by atoms with Crippen LogP contribution in [-0.4, -0.2) is 21.5 Å². The van der Waals surface area contributed by atoms with Crippen molar-refractivity contribution < 1.29 is 17.2 Å². The van der Waals surface area contributed by atoms with Gasteiger partial charge in [-0.3, -0.25) is 0 Å². The Balaban J connectivity index is 3.17. The maximum atomic E-state index is 13.8. The summed E-state index contributed by atoms with van der Waals surface area (Å²) in [5.74, 6) is -2.50. The lowest BCUT2D eigenvalue weighted by atomic mass is 10.1. The topological polar surface area (TPSA) is 58.2 Å². The van der Waals surface area contributed by atoms with Crippen LogP contribution in [0.4, 0.5) is 8.78 Å². The van der Waals surface area contributed by atoms with Crippen molar-refractivity contribution in [2.45, 2.75) is 50.6 Å². The quantitative estimate of drug-likeness (QED) is 0.774. The van der Waals surface area contributed by atoms with Crippen LogP contribution in [-0.2, 0) is 16.6 Å². The molecule has 0 aliphatic rings. The van der Waals surface area contributed by atoms with Crippen LogP contribution in [0.25, 0.3) is 0 Å². The summed E-state index contributed by atoms with van der Waals surface area (Å²) in [4.78, 5) is -0.637. The Morgan fingerprint density at radius 3 is 2.43 bits per heavy atom. The molecule has 0 saturated heterocycles. The van der Waals surface area contributed by atoms with Crippen molar-refractivity contribution in [3.05, 3.63) is 29.3 Å². The molecule has 4 nitrogen and oxygen atoms in total. The van der Waals surface area contributed by atoms with Gasteiger partial charge >= 0.3 is 0 Å². The lowest BCUT2D eigenvalue weighted by molar-refractivity contribution is 0.473. The third-order valence-electron chi connectivity index (χ3n) is 3.18. The van der Waals surface area contributed by atoms with Gasteiger partial charge in [-0.2, -0.15) is 0 Å². The van der Waals surface area contributed by atoms with E-state index in [9.17, 15) is 17.2 Å². The molecule has 0 fully saturated rings. The highest BCUT2D eigenvalue weighted by Crippen LogP contribution is 2.21. The van der Waals surface area contributed by atoms with Crippen LogP contribution in [0.3, 0.4) is 0 Å². The van der Waals surface area contributed by atoms with Crippen molar-refractivity contribution in [3.8, 4) is 0 Å². The number of benzene rings is 1. The van der Waals surface area contributed by atoms with E-state index < -0.39 is 26.6 Å². The van der Waals surface area contributed by atoms with Crippen LogP contribution in [0, 0.1) is 11.6 Å². The monoisotopic (exact) mass is 320 g/mol. The lowest BCUT2D eigenvalue weighted by Gasteiger charge is -2.17. The highest BCUT2D eigenvalue weighted by Gasteiger charge is 2.25. The number of hydrogen-bond acceptors (Lipinski definition) is 3. The van der Waals surface area contributed by atoms with Gasteiger partial charge in [-0.15, -0.1) is 0 Å². The fourth-order valence-corrected chi connectivity index (χ4v) is 3.59. The molecule has 1 aromatic carbocycles. The molecule has 2 N–H and O–H groups in total. The summed E-state index contributed by atoms with van der Waals surface area (Å²) in [7, 11) is -2.44. The van der Waals surface area contributed by atoms with Crippen LogP contribution >= 0.6 is 0 Å². The van der Waals surface area contributed by atoms with E-state index in [1.54, 1.807) is 7.05 Å². The number of hydrogen-bond donors (Lipinski definition) is 2. The Labute approximate surface area is 125 Å². The first-order valence-corrected chi connectivity index (χ1v) is 8.48. The molecule has 1 rings (SSSR count). The fraction of sp³-hybridized carbons (Fsp3) is 0.571. The molecule has 0 heterocycles. The number of nitrogens with one attached hydrogen (secondary N) is 2. The highest BCUT2D eigenvalue weighted by molar-refractivity contribution is 7.89. The molecule has 0 radical (unpaired) electrons. The number of sulfonamides is 1. The summed E-state index contributed by atoms with van der Waals surface area (Å²) in [5.41, 5.74) is 0.375. The Kier molecular flexibility index (Phi) is 6.70. The van der Waals surface area contributed by atoms with Crippen molar-refractivity contribution in [1.82, 2.24) is 10.0 Å². The maximum Gasteiger partial charge on any atom is 0.243 e. The Morgan fingerprint density at radius 1 is 1.24 bits per heavy atom. The first-order valence-electron chi connectivity index (χ1n) is 7.00. The van der Waals surface area contributed by atoms with Gasteiger partial charge in [0, 0.05) is 12.6 Å². The third-order valence-corrected chi connectivity index (χ3v) is 4.70. The van der Waals surface area contributed by atoms with Crippen molar-refractivity contribution in [1.29, 1.82) is 0 Å². The van der Waals surface area contributed by atoms with E-state index in [4.69, 9.17) is 0 Å². The second kappa shape index (κ2) is 7.82. The number of rotatable bonds is 8. The van der Waals surface area contributed by atoms with E-state index in [1.165, 1.54) is 0 Å². The number of halogens is 2. The zero-order valence-corrected chi connectivity index (χ0v) is 13.4. The van der Waals surface area contributed by atoms with Gasteiger partial charge in [0.25, 0.3) is 0 Å². The standard InChI is InChI=1S/C14H22F2N2O2S/c1-4-6-11(5-2)18-21(19,20)13-8-10(9-17-3)7-12(15)14(13)16/h7-8,11,17-18H,4-6,9H2,1-3H3. The Bertz CT molecular complexity index is 577. The summed E-state index contributed by atoms with van der Waals surface area (Å²) in [6.45, 7) is 4.04. The molecule has 0 aliphatic heterocycles. The molecule has 1 atom stereocenters. The molecular weight excluding hydrogens is 298 g/mol. The maximum absolute atomic E-state index is 13.8. The first-order chi connectivity index (χ1) is 9.85. The zero-order chi connectivity index (χ0) is 16.0. The molecule has 7 heteroatoms. The van der Waals surface area contributed by atoms with Crippen LogP contribution < -0.4 is 10.0 Å². The second-order valence-corrected chi connectivity index (χ2v) is 6.62. The molecule has 120 valence electrons. The average Bonchev–Trinajstić information content (AvgIpc) is 2.42. The summed E-state index contributed by atoms with van der Waals surface area (Å²) in [5, 5.41) is 2.78. The van der Waals surface area contributed by atoms with Gasteiger partial charge in [-0.25, -0.2) is 21.9 Å². The minimum absolute atomic E-state index is 0.256. The largest absolute Gasteiger partial charge is 0.316 e. The summed E-state index contributed by atoms with van der Waals surface area (Å²) >= 11 is 0. The van der Waals surface area contributed by atoms with Gasteiger partial charge in [0.15, 0.2) is 11.6 Å². The van der Waals surface area contributed by atoms with Gasteiger partial charge in [0.1, 0.15) is 4.90 Å². The van der Waals surface area contributed by atoms with Crippen molar-refractivity contribution >= 4 is 10.0 Å². The SMILES string of the molecule is CCCC(CC)NS(=O)(=O)c1cc(CNC)cc(F)c1F. The minimum atomic E-state index is -4.08. The Morgan fingerprint density at radius 2 is 1.90 bits per heavy atom. The normalized spacial score (nSPS) is 13.4. The molecule has 0 aliphatic carbocycles. The third kappa shape index (κ3) is 4.72. The molecule has 0 spiro atoms. The smallest absolute Gasteiger partial charge is 0.243 e. The van der Waals surface area contributed by atoms with Gasteiger partial charge in [-0.05, 0) is 37.6 Å². The average molecular weight is 320 g/mol. The van der Waals surface area contributed by atoms with Gasteiger partial charge < -0.3 is 5.32 Å². The van der Waals surface area contributed by atoms with E-state index in [0.29, 0.717) is 18.4 Å². The van der Waals surface area contributed by atoms with Crippen LogP contribution in [0.5, 0.6) is 0 Å². The van der Waals surface area contributed by atoms with E-state index >= 15 is 0 Å². The molecule has 1 unspecified atom stereocenters. The molecular formula is C14H22F2N2O2S. The van der Waals surface area contributed by atoms with Crippen LogP contribution in [0.1, 0.15) is 38.7 Å². The van der Waals surface area contributed by atoms with E-state index in [2.05, 4.69) is 10.0 Å². The summed E-state index contributed by atoms with van der Waals surface area (Å²) < 4.78 is 54.4. The first kappa shape index (κ1) is 18.0. The second-order valence-electron chi connectivity index (χ2n) is 4.94. The van der Waals surface area contributed by atoms with E-state index in [0.717, 1.165) is 18.6 Å². The van der Waals surface area contributed by atoms with Gasteiger partial charge in [0.05, 0.1) is 0 Å². The predicted molar refractivity (Wildman–Crippen MR) is 78.4 cm³/mol. The molecule has 0 aromatic heterocycles. The summed E-state index contributed by atoms with van der Waals surface area (Å²) in [6.07, 6.45) is 2.04. The Hall–Kier alpha value is -1.05. The van der Waals surface area contributed by atoms with E-state index in [-0.39, 0.29) is 12.6 Å². The molecule has 0 saturated carbocycles. The lowest BCUT2D eigenvalue weighted by Crippen LogP contribution is -2.35.